The maximum absolute atomic E-state index is 10.3. The summed E-state index contributed by atoms with van der Waals surface area (Å²) in [6.45, 7) is 4.15. The Balaban J connectivity index is -0.000000435. The molecular formula is C26H48N4O8. The molecule has 1 fully saturated rings. The molecule has 220 valence electrons. The lowest BCUT2D eigenvalue weighted by Crippen LogP contribution is -2.12. The van der Waals surface area contributed by atoms with Gasteiger partial charge in [0.25, 0.3) is 0 Å². The van der Waals surface area contributed by atoms with Crippen molar-refractivity contribution < 1.29 is 39.6 Å². The fourth-order valence-electron chi connectivity index (χ4n) is 2.93. The molecule has 1 aliphatic heterocycles. The molecule has 0 amide bonds. The van der Waals surface area contributed by atoms with E-state index in [4.69, 9.17) is 31.9 Å². The highest BCUT2D eigenvalue weighted by atomic mass is 16.4. The molecule has 1 aliphatic rings. The third-order valence-corrected chi connectivity index (χ3v) is 5.03. The third kappa shape index (κ3) is 29.2. The van der Waals surface area contributed by atoms with Gasteiger partial charge in [0.2, 0.25) is 0 Å². The van der Waals surface area contributed by atoms with Gasteiger partial charge in [-0.2, -0.15) is 0 Å². The number of carbonyl (C=O) groups is 4. The van der Waals surface area contributed by atoms with Crippen molar-refractivity contribution in [2.75, 3.05) is 26.2 Å². The molecule has 38 heavy (non-hydrogen) atoms. The van der Waals surface area contributed by atoms with Crippen molar-refractivity contribution in [3.63, 3.8) is 0 Å². The number of nitrogens with one attached hydrogen (secondary N) is 1. The molecule has 12 N–H and O–H groups in total. The molecule has 1 aromatic rings. The molecule has 0 spiro atoms. The summed E-state index contributed by atoms with van der Waals surface area (Å²) in [4.78, 5) is 40.5. The first kappa shape index (κ1) is 39.5. The SMILES string of the molecule is C1CCCNCC1.N.NCCCCCCN.O=C(O)CCCCC(=O)O.O=C(O)c1ccc(C(=O)O)cc1. The van der Waals surface area contributed by atoms with Crippen molar-refractivity contribution in [2.45, 2.75) is 77.0 Å². The lowest BCUT2D eigenvalue weighted by atomic mass is 10.1. The maximum Gasteiger partial charge on any atom is 0.335 e. The number of hydrogen-bond acceptors (Lipinski definition) is 8. The van der Waals surface area contributed by atoms with Crippen LogP contribution in [0.1, 0.15) is 97.8 Å². The number of aromatic carboxylic acids is 2. The zero-order valence-corrected chi connectivity index (χ0v) is 22.4. The lowest BCUT2D eigenvalue weighted by molar-refractivity contribution is -0.139. The molecule has 0 unspecified atom stereocenters. The molecule has 1 aromatic carbocycles. The van der Waals surface area contributed by atoms with Gasteiger partial charge in [-0.3, -0.25) is 9.59 Å². The summed E-state index contributed by atoms with van der Waals surface area (Å²) in [5, 5.41) is 36.5. The Morgan fingerprint density at radius 2 is 0.947 bits per heavy atom. The van der Waals surface area contributed by atoms with Crippen LogP contribution in [0.3, 0.4) is 0 Å². The predicted octanol–water partition coefficient (Wildman–Crippen LogP) is 3.58. The second kappa shape index (κ2) is 28.5. The Labute approximate surface area is 225 Å². The standard InChI is InChI=1S/C8H6O4.C6H16N2.C6H13N.C6H10O4.H3N/c9-7(10)5-1-2-6(4-3-5)8(11)12;7-5-3-1-2-4-6-8;1-2-4-6-7-5-3-1;7-5(8)3-1-2-4-6(9)10;/h1-4H,(H,9,10)(H,11,12);1-8H2;7H,1-6H2;1-4H2,(H,7,8)(H,9,10);1H3. The van der Waals surface area contributed by atoms with E-state index < -0.39 is 23.9 Å². The van der Waals surface area contributed by atoms with Crippen LogP contribution in [0.15, 0.2) is 24.3 Å². The van der Waals surface area contributed by atoms with Crippen molar-refractivity contribution in [2.24, 2.45) is 11.5 Å². The van der Waals surface area contributed by atoms with E-state index in [1.807, 2.05) is 0 Å². The summed E-state index contributed by atoms with van der Waals surface area (Å²) in [6.07, 6.45) is 11.5. The number of benzene rings is 1. The van der Waals surface area contributed by atoms with Gasteiger partial charge in [-0.1, -0.05) is 25.7 Å². The largest absolute Gasteiger partial charge is 0.481 e. The molecule has 0 aliphatic carbocycles. The third-order valence-electron chi connectivity index (χ3n) is 5.03. The molecule has 1 saturated heterocycles. The summed E-state index contributed by atoms with van der Waals surface area (Å²) in [7, 11) is 0. The van der Waals surface area contributed by atoms with Gasteiger partial charge in [0.05, 0.1) is 11.1 Å². The van der Waals surface area contributed by atoms with Gasteiger partial charge in [-0.05, 0) is 89.0 Å². The van der Waals surface area contributed by atoms with E-state index in [9.17, 15) is 19.2 Å². The average Bonchev–Trinajstić information content (AvgIpc) is 3.19. The van der Waals surface area contributed by atoms with E-state index in [1.54, 1.807) is 0 Å². The van der Waals surface area contributed by atoms with Crippen molar-refractivity contribution in [1.82, 2.24) is 11.5 Å². The molecule has 12 heteroatoms. The number of unbranched alkanes of at least 4 members (excludes halogenated alkanes) is 4. The molecule has 1 heterocycles. The van der Waals surface area contributed by atoms with Gasteiger partial charge in [-0.15, -0.1) is 0 Å². The maximum atomic E-state index is 10.3. The molecular weight excluding hydrogens is 496 g/mol. The van der Waals surface area contributed by atoms with Crippen molar-refractivity contribution in [3.8, 4) is 0 Å². The number of nitrogens with two attached hydrogens (primary N) is 2. The van der Waals surface area contributed by atoms with E-state index >= 15 is 0 Å². The van der Waals surface area contributed by atoms with Gasteiger partial charge >= 0.3 is 23.9 Å². The smallest absolute Gasteiger partial charge is 0.335 e. The molecule has 2 rings (SSSR count). The minimum absolute atomic E-state index is 0. The van der Waals surface area contributed by atoms with Crippen LogP contribution in [-0.4, -0.2) is 70.5 Å². The van der Waals surface area contributed by atoms with Crippen LogP contribution >= 0.6 is 0 Å². The summed E-state index contributed by atoms with van der Waals surface area (Å²) in [6, 6.07) is 5.02. The highest BCUT2D eigenvalue weighted by Crippen LogP contribution is 2.04. The normalized spacial score (nSPS) is 11.8. The number of hydrogen-bond donors (Lipinski definition) is 8. The van der Waals surface area contributed by atoms with Crippen LogP contribution in [0.5, 0.6) is 0 Å². The van der Waals surface area contributed by atoms with E-state index in [1.165, 1.54) is 75.9 Å². The minimum Gasteiger partial charge on any atom is -0.481 e. The molecule has 12 nitrogen and oxygen atoms in total. The van der Waals surface area contributed by atoms with E-state index in [0.717, 1.165) is 25.9 Å². The molecule has 0 atom stereocenters. The zero-order chi connectivity index (χ0) is 28.3. The van der Waals surface area contributed by atoms with E-state index in [-0.39, 0.29) is 30.1 Å². The van der Waals surface area contributed by atoms with Gasteiger partial charge in [0.1, 0.15) is 0 Å². The van der Waals surface area contributed by atoms with Gasteiger partial charge in [-0.25, -0.2) is 9.59 Å². The molecule has 0 radical (unpaired) electrons. The second-order valence-electron chi connectivity index (χ2n) is 8.34. The second-order valence-corrected chi connectivity index (χ2v) is 8.34. The predicted molar refractivity (Wildman–Crippen MR) is 147 cm³/mol. The molecule has 0 saturated carbocycles. The van der Waals surface area contributed by atoms with Crippen molar-refractivity contribution in [1.29, 1.82) is 0 Å². The first-order valence-electron chi connectivity index (χ1n) is 12.8. The minimum atomic E-state index is -1.06. The number of carboxylic acids is 4. The zero-order valence-electron chi connectivity index (χ0n) is 22.4. The van der Waals surface area contributed by atoms with Crippen LogP contribution in [-0.2, 0) is 9.59 Å². The first-order chi connectivity index (χ1) is 17.6. The molecule has 0 bridgehead atoms. The monoisotopic (exact) mass is 544 g/mol. The summed E-state index contributed by atoms with van der Waals surface area (Å²) in [5.41, 5.74) is 10.7. The topological polar surface area (TPSA) is 248 Å². The quantitative estimate of drug-likeness (QED) is 0.176. The fourth-order valence-corrected chi connectivity index (χ4v) is 2.93. The highest BCUT2D eigenvalue weighted by molar-refractivity contribution is 5.91. The van der Waals surface area contributed by atoms with Gasteiger partial charge in [0.15, 0.2) is 0 Å². The van der Waals surface area contributed by atoms with Crippen LogP contribution in [0.4, 0.5) is 0 Å². The molecule has 0 aromatic heterocycles. The van der Waals surface area contributed by atoms with Crippen LogP contribution in [0.25, 0.3) is 0 Å². The fraction of sp³-hybridized carbons (Fsp3) is 0.615. The van der Waals surface area contributed by atoms with Gasteiger partial charge < -0.3 is 43.4 Å². The first-order valence-corrected chi connectivity index (χ1v) is 12.8. The average molecular weight is 545 g/mol. The van der Waals surface area contributed by atoms with Crippen molar-refractivity contribution >= 4 is 23.9 Å². The van der Waals surface area contributed by atoms with E-state index in [2.05, 4.69) is 5.32 Å². The highest BCUT2D eigenvalue weighted by Gasteiger charge is 2.05. The van der Waals surface area contributed by atoms with Crippen molar-refractivity contribution in [3.05, 3.63) is 35.4 Å². The number of rotatable bonds is 12. The number of carboxylic acid groups (broad SMARTS) is 4. The Hall–Kier alpha value is -3.06. The lowest BCUT2D eigenvalue weighted by Gasteiger charge is -1.94. The Morgan fingerprint density at radius 3 is 1.21 bits per heavy atom. The Kier molecular flexibility index (Phi) is 29.6. The summed E-state index contributed by atoms with van der Waals surface area (Å²) in [5.74, 6) is -3.87. The van der Waals surface area contributed by atoms with Gasteiger partial charge in [0, 0.05) is 12.8 Å². The van der Waals surface area contributed by atoms with Crippen LogP contribution < -0.4 is 22.9 Å². The Morgan fingerprint density at radius 1 is 0.605 bits per heavy atom. The van der Waals surface area contributed by atoms with Crippen LogP contribution in [0, 0.1) is 0 Å². The van der Waals surface area contributed by atoms with Crippen LogP contribution in [0.2, 0.25) is 0 Å². The number of aliphatic carboxylic acids is 2. The summed E-state index contributed by atoms with van der Waals surface area (Å²) < 4.78 is 0. The summed E-state index contributed by atoms with van der Waals surface area (Å²) >= 11 is 0. The van der Waals surface area contributed by atoms with E-state index in [0.29, 0.717) is 12.8 Å². The Bertz CT molecular complexity index is 671.